The average molecular weight is 1000 g/mol. The zero-order valence-electron chi connectivity index (χ0n) is 39.0. The zero-order chi connectivity index (χ0) is 49.4. The minimum Gasteiger partial charge on any atom is -0.497 e. The Morgan fingerprint density at radius 1 is 0.708 bits per heavy atom. The van der Waals surface area contributed by atoms with Gasteiger partial charge in [0.1, 0.15) is 71.6 Å². The van der Waals surface area contributed by atoms with Crippen LogP contribution >= 0.6 is 7.75 Å². The van der Waals surface area contributed by atoms with Crippen molar-refractivity contribution in [2.75, 3.05) is 45.7 Å². The molecule has 72 heavy (non-hydrogen) atoms. The highest BCUT2D eigenvalue weighted by atomic mass is 31.2. The lowest BCUT2D eigenvalue weighted by molar-refractivity contribution is -0.0923. The number of ether oxygens (including phenoxy) is 7. The van der Waals surface area contributed by atoms with Crippen LogP contribution in [-0.2, 0) is 40.0 Å². The molecule has 7 heterocycles. The van der Waals surface area contributed by atoms with Gasteiger partial charge in [-0.3, -0.25) is 18.2 Å². The van der Waals surface area contributed by atoms with Crippen molar-refractivity contribution >= 4 is 41.7 Å². The fraction of sp³-hybridized carbons (Fsp3) is 0.306. The fourth-order valence-electron chi connectivity index (χ4n) is 9.31. The summed E-state index contributed by atoms with van der Waals surface area (Å²) in [6.07, 6.45) is 0.661. The summed E-state index contributed by atoms with van der Waals surface area (Å²) in [5.74, 6) is 2.84. The molecule has 1 unspecified atom stereocenters. The number of nitrogens with two attached hydrogens (primary N) is 2. The van der Waals surface area contributed by atoms with Gasteiger partial charge < -0.3 is 49.7 Å². The van der Waals surface area contributed by atoms with Crippen LogP contribution in [0.2, 0.25) is 0 Å². The number of aliphatic hydroxyl groups excluding tert-OH is 1. The van der Waals surface area contributed by atoms with Gasteiger partial charge in [0.15, 0.2) is 34.4 Å². The van der Waals surface area contributed by atoms with Crippen LogP contribution in [0.15, 0.2) is 122 Å². The number of rotatable bonds is 18. The highest BCUT2D eigenvalue weighted by Gasteiger charge is 2.47. The second kappa shape index (κ2) is 19.7. The Kier molecular flexibility index (Phi) is 12.9. The number of nitrogens with zero attached hydrogens (tertiary/aromatic N) is 8. The van der Waals surface area contributed by atoms with E-state index in [1.54, 1.807) is 41.8 Å². The smallest absolute Gasteiger partial charge is 0.406 e. The standard InChI is InChI=1S/C49H50N11O11P/c1-63-33-13-9-31(10-14-33)49(30-6-4-3-5-7-30,32-11-15-34(64-2)16-12-32)67-22-40-38(20-42(70-40)60-27-57-44-46(51)53-25-55-48(44)60)71-72(62,58-21-29-8-17-36-37(18-29)66-28-65-36)68-23-39-35(61)19-41(69-39)59-26-56-43-45(50)52-24-54-47(43)59/h3-18,24-27,35,38-42,61H,19-23,28H2,1-2H3,(H,58,62)(H2,50,52,54)(H2,51,53,55)/t35-,38-,39+,40+,41+,42+,72?/m0/s1. The van der Waals surface area contributed by atoms with Crippen molar-refractivity contribution in [1.29, 1.82) is 0 Å². The lowest BCUT2D eigenvalue weighted by atomic mass is 9.80. The second-order valence-corrected chi connectivity index (χ2v) is 19.0. The molecule has 8 aromatic rings. The molecule has 23 heteroatoms. The molecule has 0 radical (unpaired) electrons. The van der Waals surface area contributed by atoms with Gasteiger partial charge in [-0.25, -0.2) is 39.6 Å². The lowest BCUT2D eigenvalue weighted by Gasteiger charge is -2.37. The molecule has 22 nitrogen and oxygen atoms in total. The summed E-state index contributed by atoms with van der Waals surface area (Å²) >= 11 is 0. The van der Waals surface area contributed by atoms with Crippen molar-refractivity contribution in [1.82, 2.24) is 44.1 Å². The summed E-state index contributed by atoms with van der Waals surface area (Å²) < 4.78 is 74.9. The van der Waals surface area contributed by atoms with E-state index in [9.17, 15) is 5.11 Å². The number of fused-ring (bicyclic) bond motifs is 3. The zero-order valence-corrected chi connectivity index (χ0v) is 39.9. The van der Waals surface area contributed by atoms with Crippen molar-refractivity contribution in [3.05, 3.63) is 145 Å². The quantitative estimate of drug-likeness (QED) is 0.0582. The van der Waals surface area contributed by atoms with Gasteiger partial charge in [0, 0.05) is 19.4 Å². The molecular weight excluding hydrogens is 950 g/mol. The van der Waals surface area contributed by atoms with E-state index in [0.29, 0.717) is 50.9 Å². The van der Waals surface area contributed by atoms with Crippen LogP contribution in [0.25, 0.3) is 22.3 Å². The number of nitrogen functional groups attached to an aromatic ring is 2. The minimum atomic E-state index is -4.41. The Morgan fingerprint density at radius 2 is 1.29 bits per heavy atom. The molecule has 2 fully saturated rings. The summed E-state index contributed by atoms with van der Waals surface area (Å²) in [6.45, 7) is -0.367. The van der Waals surface area contributed by atoms with E-state index in [1.165, 1.54) is 19.0 Å². The summed E-state index contributed by atoms with van der Waals surface area (Å²) in [4.78, 5) is 25.8. The number of benzene rings is 4. The lowest BCUT2D eigenvalue weighted by Crippen LogP contribution is -2.39. The number of hydrogen-bond acceptors (Lipinski definition) is 19. The molecular formula is C49H50N11O11P. The molecule has 3 aliphatic rings. The highest BCUT2D eigenvalue weighted by molar-refractivity contribution is 7.51. The van der Waals surface area contributed by atoms with E-state index in [2.05, 4.69) is 35.0 Å². The Balaban J connectivity index is 0.939. The van der Waals surface area contributed by atoms with E-state index in [4.69, 9.17) is 53.7 Å². The van der Waals surface area contributed by atoms with Crippen LogP contribution in [-0.4, -0.2) is 103 Å². The van der Waals surface area contributed by atoms with E-state index in [1.807, 2.05) is 84.9 Å². The summed E-state index contributed by atoms with van der Waals surface area (Å²) in [5.41, 5.74) is 15.7. The Labute approximate surface area is 411 Å². The van der Waals surface area contributed by atoms with Gasteiger partial charge in [-0.2, -0.15) is 0 Å². The van der Waals surface area contributed by atoms with Gasteiger partial charge in [-0.05, 0) is 58.7 Å². The molecule has 0 spiro atoms. The first-order valence-corrected chi connectivity index (χ1v) is 24.6. The van der Waals surface area contributed by atoms with E-state index in [0.717, 1.165) is 16.7 Å². The van der Waals surface area contributed by atoms with E-state index in [-0.39, 0.29) is 51.0 Å². The van der Waals surface area contributed by atoms with Crippen molar-refractivity contribution in [3.8, 4) is 23.0 Å². The SMILES string of the molecule is COc1ccc(C(OC[C@H]2O[C@@H](n3cnc4c(N)ncnc43)C[C@@H]2OP(=O)(NCc2ccc3c(c2)OCO3)OC[C@H]2O[C@@H](n3cnc4c(N)ncnc43)C[C@@H]2O)(c2ccccc2)c2ccc(OC)cc2)cc1. The molecule has 11 rings (SSSR count). The van der Waals surface area contributed by atoms with Crippen LogP contribution in [0.1, 0.15) is 47.6 Å². The maximum Gasteiger partial charge on any atom is 0.406 e. The predicted octanol–water partition coefficient (Wildman–Crippen LogP) is 5.82. The Morgan fingerprint density at radius 3 is 1.92 bits per heavy atom. The second-order valence-electron chi connectivity index (χ2n) is 17.2. The molecule has 0 saturated carbocycles. The van der Waals surface area contributed by atoms with Crippen molar-refractivity contribution in [2.24, 2.45) is 0 Å². The van der Waals surface area contributed by atoms with Crippen molar-refractivity contribution in [2.45, 2.75) is 61.9 Å². The third kappa shape index (κ3) is 9.03. The van der Waals surface area contributed by atoms with Crippen LogP contribution in [0.3, 0.4) is 0 Å². The Hall–Kier alpha value is -7.27. The summed E-state index contributed by atoms with van der Waals surface area (Å²) in [6, 6.07) is 30.5. The number of aliphatic hydroxyl groups is 1. The molecule has 0 bridgehead atoms. The third-order valence-electron chi connectivity index (χ3n) is 13.0. The van der Waals surface area contributed by atoms with Gasteiger partial charge in [0.25, 0.3) is 0 Å². The third-order valence-corrected chi connectivity index (χ3v) is 14.6. The first-order valence-electron chi connectivity index (χ1n) is 23.0. The maximum atomic E-state index is 15.6. The number of imidazole rings is 2. The minimum absolute atomic E-state index is 0.0133. The number of methoxy groups -OCH3 is 2. The summed E-state index contributed by atoms with van der Waals surface area (Å²) in [7, 11) is -1.19. The summed E-state index contributed by atoms with van der Waals surface area (Å²) in [5, 5.41) is 14.5. The largest absolute Gasteiger partial charge is 0.497 e. The first kappa shape index (κ1) is 47.1. The molecule has 2 saturated heterocycles. The predicted molar refractivity (Wildman–Crippen MR) is 259 cm³/mol. The fourth-order valence-corrected chi connectivity index (χ4v) is 10.8. The van der Waals surface area contributed by atoms with Gasteiger partial charge >= 0.3 is 7.75 Å². The molecule has 4 aromatic carbocycles. The highest BCUT2D eigenvalue weighted by Crippen LogP contribution is 2.51. The topological polar surface area (TPSA) is 272 Å². The number of aromatic nitrogens is 8. The molecule has 0 aliphatic carbocycles. The molecule has 7 atom stereocenters. The average Bonchev–Trinajstić information content (AvgIpc) is 4.28. The van der Waals surface area contributed by atoms with E-state index >= 15 is 4.57 Å². The number of nitrogens with one attached hydrogen (secondary N) is 1. The monoisotopic (exact) mass is 999 g/mol. The maximum absolute atomic E-state index is 15.6. The van der Waals surface area contributed by atoms with E-state index < -0.39 is 50.2 Å². The van der Waals surface area contributed by atoms with Crippen molar-refractivity contribution < 1.29 is 51.9 Å². The van der Waals surface area contributed by atoms with Crippen LogP contribution in [0.5, 0.6) is 23.0 Å². The molecule has 4 aromatic heterocycles. The van der Waals surface area contributed by atoms with Gasteiger partial charge in [0.05, 0.1) is 46.2 Å². The number of hydrogen-bond donors (Lipinski definition) is 4. The molecule has 372 valence electrons. The van der Waals surface area contributed by atoms with Crippen LogP contribution < -0.4 is 35.5 Å². The normalized spacial score (nSPS) is 21.6. The molecule has 6 N–H and O–H groups in total. The molecule has 0 amide bonds. The molecule has 3 aliphatic heterocycles. The number of anilines is 2. The van der Waals surface area contributed by atoms with Gasteiger partial charge in [0.2, 0.25) is 6.79 Å². The van der Waals surface area contributed by atoms with Crippen molar-refractivity contribution in [3.63, 3.8) is 0 Å². The Bertz CT molecular complexity index is 3190. The van der Waals surface area contributed by atoms with Gasteiger partial charge in [-0.15, -0.1) is 0 Å². The first-order chi connectivity index (χ1) is 35.1. The van der Waals surface area contributed by atoms with Gasteiger partial charge in [-0.1, -0.05) is 60.7 Å². The van der Waals surface area contributed by atoms with Crippen LogP contribution in [0.4, 0.5) is 11.6 Å². The van der Waals surface area contributed by atoms with Crippen LogP contribution in [0, 0.1) is 0 Å².